The summed E-state index contributed by atoms with van der Waals surface area (Å²) < 4.78 is 5.71. The fraction of sp³-hybridized carbons (Fsp3) is 0.400. The largest absolute Gasteiger partial charge is 0.496 e. The smallest absolute Gasteiger partial charge is 0.125 e. The van der Waals surface area contributed by atoms with Gasteiger partial charge in [-0.15, -0.1) is 0 Å². The lowest BCUT2D eigenvalue weighted by Gasteiger charge is -2.23. The highest BCUT2D eigenvalue weighted by Gasteiger charge is 2.18. The summed E-state index contributed by atoms with van der Waals surface area (Å²) >= 11 is 0. The predicted molar refractivity (Wildman–Crippen MR) is 90.3 cm³/mol. The number of hydrogen-bond donors (Lipinski definition) is 0. The first-order valence-corrected chi connectivity index (χ1v) is 7.70. The van der Waals surface area contributed by atoms with Gasteiger partial charge in [0.2, 0.25) is 0 Å². The molecular formula is C20H26O. The van der Waals surface area contributed by atoms with Gasteiger partial charge < -0.3 is 4.74 Å². The van der Waals surface area contributed by atoms with Crippen molar-refractivity contribution in [2.24, 2.45) is 0 Å². The van der Waals surface area contributed by atoms with E-state index in [1.54, 1.807) is 7.11 Å². The molecule has 2 aromatic carbocycles. The molecule has 0 bridgehead atoms. The number of rotatable bonds is 4. The van der Waals surface area contributed by atoms with Crippen molar-refractivity contribution in [1.82, 2.24) is 0 Å². The first-order valence-electron chi connectivity index (χ1n) is 7.70. The molecular weight excluding hydrogens is 256 g/mol. The fourth-order valence-electron chi connectivity index (χ4n) is 2.66. The molecule has 112 valence electrons. The van der Waals surface area contributed by atoms with Crippen LogP contribution in [0.1, 0.15) is 49.9 Å². The van der Waals surface area contributed by atoms with Crippen LogP contribution < -0.4 is 4.74 Å². The first kappa shape index (κ1) is 15.6. The molecule has 0 unspecified atom stereocenters. The molecule has 0 N–H and O–H groups in total. The van der Waals surface area contributed by atoms with Crippen molar-refractivity contribution in [3.63, 3.8) is 0 Å². The second-order valence-corrected chi connectivity index (χ2v) is 6.59. The van der Waals surface area contributed by atoms with Crippen LogP contribution in [0.4, 0.5) is 0 Å². The zero-order chi connectivity index (χ0) is 15.5. The third-order valence-corrected chi connectivity index (χ3v) is 3.93. The molecule has 0 aliphatic heterocycles. The third kappa shape index (κ3) is 3.66. The van der Waals surface area contributed by atoms with Crippen LogP contribution in [0.3, 0.4) is 0 Å². The summed E-state index contributed by atoms with van der Waals surface area (Å²) in [7, 11) is 1.78. The Balaban J connectivity index is 2.51. The Hall–Kier alpha value is -1.76. The lowest BCUT2D eigenvalue weighted by atomic mass is 9.83. The van der Waals surface area contributed by atoms with E-state index in [9.17, 15) is 0 Å². The average Bonchev–Trinajstić information content (AvgIpc) is 2.46. The summed E-state index contributed by atoms with van der Waals surface area (Å²) in [6.07, 6.45) is 1.91. The Bertz CT molecular complexity index is 591. The normalized spacial score (nSPS) is 11.5. The van der Waals surface area contributed by atoms with Gasteiger partial charge in [0.05, 0.1) is 7.11 Å². The van der Waals surface area contributed by atoms with E-state index in [2.05, 4.69) is 70.2 Å². The van der Waals surface area contributed by atoms with E-state index in [1.165, 1.54) is 22.3 Å². The van der Waals surface area contributed by atoms with Crippen LogP contribution in [-0.4, -0.2) is 7.11 Å². The Morgan fingerprint density at radius 2 is 1.57 bits per heavy atom. The summed E-state index contributed by atoms with van der Waals surface area (Å²) in [6, 6.07) is 15.2. The van der Waals surface area contributed by atoms with E-state index in [4.69, 9.17) is 4.74 Å². The van der Waals surface area contributed by atoms with E-state index in [-0.39, 0.29) is 5.41 Å². The van der Waals surface area contributed by atoms with Gasteiger partial charge in [0.15, 0.2) is 0 Å². The summed E-state index contributed by atoms with van der Waals surface area (Å²) in [5.74, 6) is 1.05. The first-order chi connectivity index (χ1) is 9.95. The molecule has 0 atom stereocenters. The number of aryl methyl sites for hydroxylation is 1. The Labute approximate surface area is 129 Å². The molecule has 0 fully saturated rings. The molecule has 0 saturated carbocycles. The van der Waals surface area contributed by atoms with Crippen LogP contribution in [0.2, 0.25) is 0 Å². The maximum atomic E-state index is 5.71. The highest BCUT2D eigenvalue weighted by atomic mass is 16.5. The predicted octanol–water partition coefficient (Wildman–Crippen LogP) is 5.15. The quantitative estimate of drug-likeness (QED) is 0.754. The average molecular weight is 282 g/mol. The molecule has 0 saturated heterocycles. The van der Waals surface area contributed by atoms with E-state index < -0.39 is 0 Å². The molecule has 0 amide bonds. The van der Waals surface area contributed by atoms with Gasteiger partial charge in [-0.1, -0.05) is 70.2 Å². The second-order valence-electron chi connectivity index (χ2n) is 6.59. The van der Waals surface area contributed by atoms with Crippen LogP contribution >= 0.6 is 0 Å². The summed E-state index contributed by atoms with van der Waals surface area (Å²) in [5.41, 5.74) is 5.44. The Kier molecular flexibility index (Phi) is 4.72. The van der Waals surface area contributed by atoms with Crippen LogP contribution in [-0.2, 0) is 18.3 Å². The number of methoxy groups -OCH3 is 1. The van der Waals surface area contributed by atoms with Gasteiger partial charge in [-0.2, -0.15) is 0 Å². The van der Waals surface area contributed by atoms with E-state index in [1.807, 2.05) is 0 Å². The monoisotopic (exact) mass is 282 g/mol. The Morgan fingerprint density at radius 1 is 0.952 bits per heavy atom. The van der Waals surface area contributed by atoms with Gasteiger partial charge in [0.25, 0.3) is 0 Å². The minimum absolute atomic E-state index is 0.154. The zero-order valence-electron chi connectivity index (χ0n) is 13.9. The lowest BCUT2D eigenvalue weighted by molar-refractivity contribution is 0.405. The van der Waals surface area contributed by atoms with Gasteiger partial charge in [0, 0.05) is 6.42 Å². The number of ether oxygens (including phenoxy) is 1. The van der Waals surface area contributed by atoms with Crippen LogP contribution in [0.25, 0.3) is 0 Å². The molecule has 1 heteroatoms. The summed E-state index contributed by atoms with van der Waals surface area (Å²) in [5, 5.41) is 0. The summed E-state index contributed by atoms with van der Waals surface area (Å²) in [6.45, 7) is 8.98. The number of benzene rings is 2. The van der Waals surface area contributed by atoms with Crippen LogP contribution in [0, 0.1) is 0 Å². The van der Waals surface area contributed by atoms with E-state index in [0.717, 1.165) is 18.6 Å². The molecule has 1 nitrogen and oxygen atoms in total. The van der Waals surface area contributed by atoms with Crippen molar-refractivity contribution in [3.05, 3.63) is 64.7 Å². The number of hydrogen-bond acceptors (Lipinski definition) is 1. The molecule has 2 rings (SSSR count). The molecule has 0 aliphatic rings. The zero-order valence-corrected chi connectivity index (χ0v) is 13.9. The van der Waals surface area contributed by atoms with Crippen molar-refractivity contribution >= 4 is 0 Å². The van der Waals surface area contributed by atoms with E-state index >= 15 is 0 Å². The highest BCUT2D eigenvalue weighted by molar-refractivity contribution is 5.48. The van der Waals surface area contributed by atoms with Crippen molar-refractivity contribution in [3.8, 4) is 5.75 Å². The van der Waals surface area contributed by atoms with Gasteiger partial charge >= 0.3 is 0 Å². The molecule has 0 spiro atoms. The van der Waals surface area contributed by atoms with Gasteiger partial charge in [0.1, 0.15) is 5.75 Å². The Morgan fingerprint density at radius 3 is 2.10 bits per heavy atom. The standard InChI is InChI=1S/C20H26O/c1-6-16-13-18(20(2,3)4)14-17(19(16)21-5)12-15-10-8-7-9-11-15/h7-11,13-14H,6,12H2,1-5H3. The maximum absolute atomic E-state index is 5.71. The van der Waals surface area contributed by atoms with Crippen molar-refractivity contribution in [2.45, 2.75) is 46.0 Å². The molecule has 0 aliphatic carbocycles. The van der Waals surface area contributed by atoms with Crippen molar-refractivity contribution < 1.29 is 4.74 Å². The SMILES string of the molecule is CCc1cc(C(C)(C)C)cc(Cc2ccccc2)c1OC. The molecule has 0 heterocycles. The topological polar surface area (TPSA) is 9.23 Å². The van der Waals surface area contributed by atoms with Crippen LogP contribution in [0.5, 0.6) is 5.75 Å². The highest BCUT2D eigenvalue weighted by Crippen LogP contribution is 2.33. The summed E-state index contributed by atoms with van der Waals surface area (Å²) in [4.78, 5) is 0. The fourth-order valence-corrected chi connectivity index (χ4v) is 2.66. The minimum atomic E-state index is 0.154. The van der Waals surface area contributed by atoms with Crippen molar-refractivity contribution in [2.75, 3.05) is 7.11 Å². The molecule has 0 aromatic heterocycles. The molecule has 2 aromatic rings. The van der Waals surface area contributed by atoms with Gasteiger partial charge in [-0.25, -0.2) is 0 Å². The minimum Gasteiger partial charge on any atom is -0.496 e. The van der Waals surface area contributed by atoms with Gasteiger partial charge in [-0.3, -0.25) is 0 Å². The van der Waals surface area contributed by atoms with Gasteiger partial charge in [-0.05, 0) is 34.1 Å². The molecule has 0 radical (unpaired) electrons. The molecule has 21 heavy (non-hydrogen) atoms. The van der Waals surface area contributed by atoms with E-state index in [0.29, 0.717) is 0 Å². The third-order valence-electron chi connectivity index (χ3n) is 3.93. The second kappa shape index (κ2) is 6.34. The van der Waals surface area contributed by atoms with Crippen LogP contribution in [0.15, 0.2) is 42.5 Å². The van der Waals surface area contributed by atoms with Crippen molar-refractivity contribution in [1.29, 1.82) is 0 Å². The maximum Gasteiger partial charge on any atom is 0.125 e. The lowest BCUT2D eigenvalue weighted by Crippen LogP contribution is -2.13.